The van der Waals surface area contributed by atoms with E-state index < -0.39 is 0 Å². The van der Waals surface area contributed by atoms with Crippen LogP contribution in [0.2, 0.25) is 0 Å². The third kappa shape index (κ3) is 1.96. The summed E-state index contributed by atoms with van der Waals surface area (Å²) in [5, 5.41) is 3.58. The van der Waals surface area contributed by atoms with Crippen molar-refractivity contribution in [1.29, 1.82) is 0 Å². The zero-order chi connectivity index (χ0) is 10.1. The highest BCUT2D eigenvalue weighted by Crippen LogP contribution is 2.30. The van der Waals surface area contributed by atoms with E-state index in [1.165, 1.54) is 32.4 Å². The van der Waals surface area contributed by atoms with Gasteiger partial charge in [0.05, 0.1) is 0 Å². The molecule has 0 saturated carbocycles. The predicted octanol–water partition coefficient (Wildman–Crippen LogP) is 1.86. The minimum absolute atomic E-state index is 0.735. The maximum absolute atomic E-state index is 3.58. The fraction of sp³-hybridized carbons (Fsp3) is 1.00. The summed E-state index contributed by atoms with van der Waals surface area (Å²) in [5.74, 6) is 0.912. The Morgan fingerprint density at radius 2 is 2.14 bits per heavy atom. The van der Waals surface area contributed by atoms with Gasteiger partial charge in [-0.25, -0.2) is 0 Å². The van der Waals surface area contributed by atoms with Crippen LogP contribution in [0.5, 0.6) is 0 Å². The largest absolute Gasteiger partial charge is 0.314 e. The molecule has 2 heterocycles. The molecule has 82 valence electrons. The first-order valence-corrected chi connectivity index (χ1v) is 6.17. The molecule has 2 heteroatoms. The summed E-state index contributed by atoms with van der Waals surface area (Å²) < 4.78 is 0. The normalized spacial score (nSPS) is 39.9. The first kappa shape index (κ1) is 10.4. The SMILES string of the molecule is CC1CC(C2CCCN2C(C)C)CN1. The molecule has 1 N–H and O–H groups in total. The minimum Gasteiger partial charge on any atom is -0.314 e. The molecule has 0 radical (unpaired) electrons. The van der Waals surface area contributed by atoms with Gasteiger partial charge in [0.2, 0.25) is 0 Å². The Morgan fingerprint density at radius 1 is 1.36 bits per heavy atom. The summed E-state index contributed by atoms with van der Waals surface area (Å²) in [4.78, 5) is 2.71. The number of hydrogen-bond donors (Lipinski definition) is 1. The highest BCUT2D eigenvalue weighted by atomic mass is 15.2. The average Bonchev–Trinajstić information content (AvgIpc) is 2.70. The zero-order valence-electron chi connectivity index (χ0n) is 9.79. The first-order chi connectivity index (χ1) is 6.68. The van der Waals surface area contributed by atoms with Crippen LogP contribution >= 0.6 is 0 Å². The lowest BCUT2D eigenvalue weighted by Crippen LogP contribution is -2.40. The van der Waals surface area contributed by atoms with Gasteiger partial charge in [0, 0.05) is 18.1 Å². The van der Waals surface area contributed by atoms with Crippen LogP contribution in [0, 0.1) is 5.92 Å². The highest BCUT2D eigenvalue weighted by Gasteiger charge is 2.35. The third-order valence-corrected chi connectivity index (χ3v) is 3.93. The van der Waals surface area contributed by atoms with E-state index in [0.29, 0.717) is 0 Å². The van der Waals surface area contributed by atoms with Gasteiger partial charge >= 0.3 is 0 Å². The lowest BCUT2D eigenvalue weighted by atomic mass is 9.94. The van der Waals surface area contributed by atoms with Gasteiger partial charge in [0.1, 0.15) is 0 Å². The van der Waals surface area contributed by atoms with Crippen molar-refractivity contribution >= 4 is 0 Å². The molecule has 0 spiro atoms. The van der Waals surface area contributed by atoms with E-state index in [-0.39, 0.29) is 0 Å². The Hall–Kier alpha value is -0.0800. The lowest BCUT2D eigenvalue weighted by molar-refractivity contribution is 0.157. The fourth-order valence-electron chi connectivity index (χ4n) is 3.23. The van der Waals surface area contributed by atoms with E-state index in [4.69, 9.17) is 0 Å². The standard InChI is InChI=1S/C12H24N2/c1-9(2)14-6-4-5-12(14)11-7-10(3)13-8-11/h9-13H,4-8H2,1-3H3. The summed E-state index contributed by atoms with van der Waals surface area (Å²) in [5.41, 5.74) is 0. The van der Waals surface area contributed by atoms with Crippen LogP contribution in [-0.4, -0.2) is 36.1 Å². The topological polar surface area (TPSA) is 15.3 Å². The molecule has 2 fully saturated rings. The van der Waals surface area contributed by atoms with Crippen LogP contribution in [-0.2, 0) is 0 Å². The second-order valence-electron chi connectivity index (χ2n) is 5.35. The quantitative estimate of drug-likeness (QED) is 0.725. The number of likely N-dealkylation sites (tertiary alicyclic amines) is 1. The Balaban J connectivity index is 1.96. The Labute approximate surface area is 88.1 Å². The van der Waals surface area contributed by atoms with Crippen molar-refractivity contribution in [2.24, 2.45) is 5.92 Å². The van der Waals surface area contributed by atoms with Crippen molar-refractivity contribution in [2.75, 3.05) is 13.1 Å². The molecule has 0 aromatic carbocycles. The van der Waals surface area contributed by atoms with Gasteiger partial charge in [-0.15, -0.1) is 0 Å². The van der Waals surface area contributed by atoms with E-state index in [2.05, 4.69) is 31.0 Å². The van der Waals surface area contributed by atoms with Gasteiger partial charge in [-0.05, 0) is 59.0 Å². The molecule has 0 aliphatic carbocycles. The molecular formula is C12H24N2. The number of hydrogen-bond acceptors (Lipinski definition) is 2. The fourth-order valence-corrected chi connectivity index (χ4v) is 3.23. The first-order valence-electron chi connectivity index (χ1n) is 6.17. The number of rotatable bonds is 2. The van der Waals surface area contributed by atoms with Gasteiger partial charge in [-0.1, -0.05) is 0 Å². The zero-order valence-corrected chi connectivity index (χ0v) is 9.79. The van der Waals surface area contributed by atoms with Gasteiger partial charge in [0.25, 0.3) is 0 Å². The molecular weight excluding hydrogens is 172 g/mol. The third-order valence-electron chi connectivity index (χ3n) is 3.93. The van der Waals surface area contributed by atoms with E-state index in [1.54, 1.807) is 0 Å². The van der Waals surface area contributed by atoms with Crippen molar-refractivity contribution in [1.82, 2.24) is 10.2 Å². The monoisotopic (exact) mass is 196 g/mol. The molecule has 2 aliphatic heterocycles. The van der Waals surface area contributed by atoms with Crippen LogP contribution < -0.4 is 5.32 Å². The minimum atomic E-state index is 0.735. The van der Waals surface area contributed by atoms with Crippen LogP contribution in [0.4, 0.5) is 0 Å². The average molecular weight is 196 g/mol. The molecule has 2 saturated heterocycles. The summed E-state index contributed by atoms with van der Waals surface area (Å²) >= 11 is 0. The maximum atomic E-state index is 3.58. The summed E-state index contributed by atoms with van der Waals surface area (Å²) in [6, 6.07) is 2.35. The molecule has 2 rings (SSSR count). The van der Waals surface area contributed by atoms with E-state index in [1.807, 2.05) is 0 Å². The molecule has 0 aromatic rings. The summed E-state index contributed by atoms with van der Waals surface area (Å²) in [6.07, 6.45) is 4.22. The van der Waals surface area contributed by atoms with Gasteiger partial charge in [-0.3, -0.25) is 4.90 Å². The number of nitrogens with one attached hydrogen (secondary N) is 1. The van der Waals surface area contributed by atoms with Crippen LogP contribution in [0.25, 0.3) is 0 Å². The molecule has 2 nitrogen and oxygen atoms in total. The van der Waals surface area contributed by atoms with Crippen molar-refractivity contribution < 1.29 is 0 Å². The molecule has 3 unspecified atom stereocenters. The van der Waals surface area contributed by atoms with Crippen molar-refractivity contribution in [2.45, 2.75) is 58.2 Å². The summed E-state index contributed by atoms with van der Waals surface area (Å²) in [6.45, 7) is 9.56. The van der Waals surface area contributed by atoms with Crippen molar-refractivity contribution in [3.05, 3.63) is 0 Å². The molecule has 14 heavy (non-hydrogen) atoms. The second kappa shape index (κ2) is 4.19. The Kier molecular flexibility index (Phi) is 3.13. The highest BCUT2D eigenvalue weighted by molar-refractivity contribution is 4.92. The summed E-state index contributed by atoms with van der Waals surface area (Å²) in [7, 11) is 0. The maximum Gasteiger partial charge on any atom is 0.0139 e. The molecule has 3 atom stereocenters. The Morgan fingerprint density at radius 3 is 2.71 bits per heavy atom. The lowest BCUT2D eigenvalue weighted by Gasteiger charge is -2.32. The van der Waals surface area contributed by atoms with Gasteiger partial charge < -0.3 is 5.32 Å². The number of nitrogens with zero attached hydrogens (tertiary/aromatic N) is 1. The molecule has 0 amide bonds. The van der Waals surface area contributed by atoms with Crippen LogP contribution in [0.15, 0.2) is 0 Å². The predicted molar refractivity (Wildman–Crippen MR) is 60.4 cm³/mol. The van der Waals surface area contributed by atoms with Gasteiger partial charge in [0.15, 0.2) is 0 Å². The van der Waals surface area contributed by atoms with E-state index in [0.717, 1.165) is 24.0 Å². The van der Waals surface area contributed by atoms with Crippen molar-refractivity contribution in [3.8, 4) is 0 Å². The Bertz CT molecular complexity index is 191. The van der Waals surface area contributed by atoms with Crippen LogP contribution in [0.1, 0.15) is 40.0 Å². The molecule has 2 aliphatic rings. The molecule has 0 aromatic heterocycles. The van der Waals surface area contributed by atoms with E-state index in [9.17, 15) is 0 Å². The van der Waals surface area contributed by atoms with Crippen molar-refractivity contribution in [3.63, 3.8) is 0 Å². The second-order valence-corrected chi connectivity index (χ2v) is 5.35. The van der Waals surface area contributed by atoms with Crippen LogP contribution in [0.3, 0.4) is 0 Å². The van der Waals surface area contributed by atoms with Gasteiger partial charge in [-0.2, -0.15) is 0 Å². The smallest absolute Gasteiger partial charge is 0.0139 e. The molecule has 0 bridgehead atoms. The van der Waals surface area contributed by atoms with E-state index >= 15 is 0 Å².